The summed E-state index contributed by atoms with van der Waals surface area (Å²) in [6.07, 6.45) is 3.18. The minimum atomic E-state index is -1.23. The minimum absolute atomic E-state index is 0.442. The van der Waals surface area contributed by atoms with Crippen molar-refractivity contribution < 1.29 is 14.4 Å². The maximum absolute atomic E-state index is 11.7. The van der Waals surface area contributed by atoms with E-state index in [1.807, 2.05) is 0 Å². The summed E-state index contributed by atoms with van der Waals surface area (Å²) in [6.45, 7) is 0.620. The zero-order valence-corrected chi connectivity index (χ0v) is 8.26. The van der Waals surface area contributed by atoms with Gasteiger partial charge in [0.05, 0.1) is 0 Å². The zero-order valence-electron chi connectivity index (χ0n) is 8.26. The van der Waals surface area contributed by atoms with E-state index in [0.29, 0.717) is 13.0 Å². The van der Waals surface area contributed by atoms with Gasteiger partial charge in [-0.05, 0) is 19.4 Å². The van der Waals surface area contributed by atoms with Gasteiger partial charge in [0, 0.05) is 0 Å². The molecule has 2 aliphatic rings. The average Bonchev–Trinajstić information content (AvgIpc) is 2.41. The first kappa shape index (κ1) is 10.1. The van der Waals surface area contributed by atoms with Crippen molar-refractivity contribution in [1.29, 1.82) is 0 Å². The molecule has 2 rings (SSSR count). The van der Waals surface area contributed by atoms with Gasteiger partial charge in [0.25, 0.3) is 11.8 Å². The van der Waals surface area contributed by atoms with Crippen molar-refractivity contribution >= 4 is 17.8 Å². The van der Waals surface area contributed by atoms with E-state index in [1.54, 1.807) is 0 Å². The molecule has 0 aromatic rings. The van der Waals surface area contributed by atoms with Crippen LogP contribution in [0.3, 0.4) is 0 Å². The standard InChI is InChI=1S/C9H13N3O3/c13-6-9(4-2-1-3-5-10-9)7(14)12-8(15)11-6/h10H,1-5H2,(H2,11,12,13,14,15). The van der Waals surface area contributed by atoms with Crippen molar-refractivity contribution in [3.63, 3.8) is 0 Å². The van der Waals surface area contributed by atoms with Crippen LogP contribution in [0.15, 0.2) is 0 Å². The van der Waals surface area contributed by atoms with E-state index in [2.05, 4.69) is 16.0 Å². The smallest absolute Gasteiger partial charge is 0.295 e. The molecule has 2 aliphatic heterocycles. The fraction of sp³-hybridized carbons (Fsp3) is 0.667. The number of barbiturate groups is 1. The van der Waals surface area contributed by atoms with Crippen LogP contribution in [0.25, 0.3) is 0 Å². The molecule has 0 saturated carbocycles. The number of hydrogen-bond donors (Lipinski definition) is 3. The summed E-state index contributed by atoms with van der Waals surface area (Å²) in [6, 6.07) is -0.735. The van der Waals surface area contributed by atoms with Crippen molar-refractivity contribution in [3.8, 4) is 0 Å². The molecule has 0 aromatic carbocycles. The Labute approximate surface area is 86.8 Å². The molecular weight excluding hydrogens is 198 g/mol. The third kappa shape index (κ3) is 1.61. The molecule has 0 radical (unpaired) electrons. The Morgan fingerprint density at radius 3 is 2.27 bits per heavy atom. The van der Waals surface area contributed by atoms with Gasteiger partial charge < -0.3 is 0 Å². The second kappa shape index (κ2) is 3.62. The van der Waals surface area contributed by atoms with Gasteiger partial charge in [-0.3, -0.25) is 25.5 Å². The molecule has 2 fully saturated rings. The average molecular weight is 211 g/mol. The van der Waals surface area contributed by atoms with E-state index >= 15 is 0 Å². The number of carbonyl (C=O) groups is 3. The molecule has 6 nitrogen and oxygen atoms in total. The number of amides is 4. The number of urea groups is 1. The van der Waals surface area contributed by atoms with E-state index in [0.717, 1.165) is 19.3 Å². The summed E-state index contributed by atoms with van der Waals surface area (Å²) in [5.41, 5.74) is -1.23. The lowest BCUT2D eigenvalue weighted by molar-refractivity contribution is -0.140. The molecule has 6 heteroatoms. The van der Waals surface area contributed by atoms with Crippen LogP contribution in [-0.2, 0) is 9.59 Å². The molecule has 3 N–H and O–H groups in total. The fourth-order valence-electron chi connectivity index (χ4n) is 2.02. The van der Waals surface area contributed by atoms with Crippen molar-refractivity contribution in [2.75, 3.05) is 6.54 Å². The van der Waals surface area contributed by atoms with Gasteiger partial charge in [0.15, 0.2) is 5.54 Å². The van der Waals surface area contributed by atoms with Crippen LogP contribution in [0.2, 0.25) is 0 Å². The second-order valence-corrected chi connectivity index (χ2v) is 3.88. The Morgan fingerprint density at radius 1 is 0.933 bits per heavy atom. The molecule has 0 unspecified atom stereocenters. The summed E-state index contributed by atoms with van der Waals surface area (Å²) in [5, 5.41) is 7.19. The van der Waals surface area contributed by atoms with Crippen molar-refractivity contribution in [1.82, 2.24) is 16.0 Å². The van der Waals surface area contributed by atoms with E-state index in [1.165, 1.54) is 0 Å². The van der Waals surface area contributed by atoms with Crippen LogP contribution in [0.4, 0.5) is 4.79 Å². The van der Waals surface area contributed by atoms with Crippen molar-refractivity contribution in [2.45, 2.75) is 31.2 Å². The second-order valence-electron chi connectivity index (χ2n) is 3.88. The van der Waals surface area contributed by atoms with E-state index in [9.17, 15) is 14.4 Å². The van der Waals surface area contributed by atoms with E-state index in [4.69, 9.17) is 0 Å². The van der Waals surface area contributed by atoms with Crippen LogP contribution >= 0.6 is 0 Å². The van der Waals surface area contributed by atoms with Gasteiger partial charge in [0.1, 0.15) is 0 Å². The molecule has 0 aliphatic carbocycles. The number of imide groups is 2. The highest BCUT2D eigenvalue weighted by molar-refractivity contribution is 6.22. The lowest BCUT2D eigenvalue weighted by Crippen LogP contribution is -2.72. The van der Waals surface area contributed by atoms with Crippen LogP contribution in [-0.4, -0.2) is 29.9 Å². The number of carbonyl (C=O) groups excluding carboxylic acids is 3. The molecule has 2 heterocycles. The molecular formula is C9H13N3O3. The quantitative estimate of drug-likeness (QED) is 0.460. The van der Waals surface area contributed by atoms with Gasteiger partial charge >= 0.3 is 6.03 Å². The number of hydrogen-bond acceptors (Lipinski definition) is 4. The molecule has 4 amide bonds. The Kier molecular flexibility index (Phi) is 2.44. The lowest BCUT2D eigenvalue weighted by atomic mass is 9.90. The molecule has 1 spiro atoms. The Hall–Kier alpha value is -1.43. The van der Waals surface area contributed by atoms with E-state index < -0.39 is 23.4 Å². The summed E-state index contributed by atoms with van der Waals surface area (Å²) >= 11 is 0. The molecule has 82 valence electrons. The summed E-state index contributed by atoms with van der Waals surface area (Å²) in [5.74, 6) is -1.06. The third-order valence-corrected chi connectivity index (χ3v) is 2.88. The fourth-order valence-corrected chi connectivity index (χ4v) is 2.02. The Bertz CT molecular complexity index is 297. The van der Waals surface area contributed by atoms with E-state index in [-0.39, 0.29) is 0 Å². The highest BCUT2D eigenvalue weighted by atomic mass is 16.2. The highest BCUT2D eigenvalue weighted by Gasteiger charge is 2.49. The van der Waals surface area contributed by atoms with Gasteiger partial charge in [0.2, 0.25) is 0 Å². The molecule has 0 atom stereocenters. The summed E-state index contributed by atoms with van der Waals surface area (Å²) < 4.78 is 0. The predicted molar refractivity (Wildman–Crippen MR) is 50.9 cm³/mol. The van der Waals surface area contributed by atoms with Crippen LogP contribution < -0.4 is 16.0 Å². The minimum Gasteiger partial charge on any atom is -0.295 e. The molecule has 2 saturated heterocycles. The third-order valence-electron chi connectivity index (χ3n) is 2.88. The van der Waals surface area contributed by atoms with Crippen molar-refractivity contribution in [2.24, 2.45) is 0 Å². The Balaban J connectivity index is 2.26. The van der Waals surface area contributed by atoms with Gasteiger partial charge in [-0.2, -0.15) is 0 Å². The first-order valence-corrected chi connectivity index (χ1v) is 5.07. The van der Waals surface area contributed by atoms with Gasteiger partial charge in [-0.15, -0.1) is 0 Å². The van der Waals surface area contributed by atoms with Crippen LogP contribution in [0.1, 0.15) is 25.7 Å². The van der Waals surface area contributed by atoms with Crippen LogP contribution in [0.5, 0.6) is 0 Å². The SMILES string of the molecule is O=C1NC(=O)C2(CCCCCN2)C(=O)N1. The topological polar surface area (TPSA) is 87.3 Å². The maximum Gasteiger partial charge on any atom is 0.328 e. The van der Waals surface area contributed by atoms with Crippen LogP contribution in [0, 0.1) is 0 Å². The van der Waals surface area contributed by atoms with Gasteiger partial charge in [-0.25, -0.2) is 4.79 Å². The van der Waals surface area contributed by atoms with Gasteiger partial charge in [-0.1, -0.05) is 12.8 Å². The molecule has 0 aromatic heterocycles. The summed E-state index contributed by atoms with van der Waals surface area (Å²) in [7, 11) is 0. The first-order valence-electron chi connectivity index (χ1n) is 5.07. The number of rotatable bonds is 0. The maximum atomic E-state index is 11.7. The van der Waals surface area contributed by atoms with Crippen molar-refractivity contribution in [3.05, 3.63) is 0 Å². The predicted octanol–water partition coefficient (Wildman–Crippen LogP) is -0.745. The normalized spacial score (nSPS) is 25.7. The largest absolute Gasteiger partial charge is 0.328 e. The number of nitrogens with one attached hydrogen (secondary N) is 3. The molecule has 0 bridgehead atoms. The molecule has 15 heavy (non-hydrogen) atoms. The monoisotopic (exact) mass is 211 g/mol. The lowest BCUT2D eigenvalue weighted by Gasteiger charge is -2.33. The first-order chi connectivity index (χ1) is 7.15. The Morgan fingerprint density at radius 2 is 1.60 bits per heavy atom. The summed E-state index contributed by atoms with van der Waals surface area (Å²) in [4.78, 5) is 34.3. The highest BCUT2D eigenvalue weighted by Crippen LogP contribution is 2.21. The zero-order chi connectivity index (χ0) is 10.9.